The minimum atomic E-state index is -1.77. The van der Waals surface area contributed by atoms with E-state index in [4.69, 9.17) is 14.2 Å². The van der Waals surface area contributed by atoms with Crippen LogP contribution in [0, 0.1) is 0 Å². The van der Waals surface area contributed by atoms with Crippen molar-refractivity contribution in [2.24, 2.45) is 0 Å². The molecule has 2 fully saturated rings. The minimum absolute atomic E-state index is 0.139. The molecule has 0 aromatic heterocycles. The number of para-hydroxylation sites is 1. The van der Waals surface area contributed by atoms with E-state index in [9.17, 15) is 19.5 Å². The fraction of sp³-hybridized carbons (Fsp3) is 0.393. The summed E-state index contributed by atoms with van der Waals surface area (Å²) in [6, 6.07) is 12.0. The molecule has 2 amide bonds. The van der Waals surface area contributed by atoms with E-state index < -0.39 is 28.9 Å². The van der Waals surface area contributed by atoms with Crippen LogP contribution in [0.5, 0.6) is 11.5 Å². The number of amides is 2. The molecule has 0 bridgehead atoms. The lowest BCUT2D eigenvalue weighted by molar-refractivity contribution is -0.144. The van der Waals surface area contributed by atoms with Crippen molar-refractivity contribution in [3.05, 3.63) is 59.2 Å². The number of aliphatic hydroxyl groups excluding tert-OH is 1. The summed E-state index contributed by atoms with van der Waals surface area (Å²) in [6.45, 7) is 6.10. The van der Waals surface area contributed by atoms with Gasteiger partial charge in [-0.1, -0.05) is 18.2 Å². The van der Waals surface area contributed by atoms with Gasteiger partial charge >= 0.3 is 0 Å². The predicted molar refractivity (Wildman–Crippen MR) is 137 cm³/mol. The summed E-state index contributed by atoms with van der Waals surface area (Å²) in [5, 5.41) is 11.7. The van der Waals surface area contributed by atoms with Gasteiger partial charge in [0.15, 0.2) is 17.0 Å². The van der Waals surface area contributed by atoms with Crippen LogP contribution in [-0.2, 0) is 24.7 Å². The van der Waals surface area contributed by atoms with Gasteiger partial charge < -0.3 is 29.1 Å². The first kappa shape index (κ1) is 24.4. The number of nitrogens with zero attached hydrogens (tertiary/aromatic N) is 3. The Morgan fingerprint density at radius 1 is 0.947 bits per heavy atom. The molecule has 2 aromatic rings. The summed E-state index contributed by atoms with van der Waals surface area (Å²) in [7, 11) is 0. The van der Waals surface area contributed by atoms with Gasteiger partial charge in [0, 0.05) is 43.9 Å². The Kier molecular flexibility index (Phi) is 6.08. The van der Waals surface area contributed by atoms with E-state index in [-0.39, 0.29) is 17.7 Å². The second-order valence-corrected chi connectivity index (χ2v) is 9.60. The van der Waals surface area contributed by atoms with Gasteiger partial charge in [-0.3, -0.25) is 19.3 Å². The van der Waals surface area contributed by atoms with Gasteiger partial charge in [-0.25, -0.2) is 0 Å². The molecule has 2 saturated heterocycles. The lowest BCUT2D eigenvalue weighted by atomic mass is 9.82. The van der Waals surface area contributed by atoms with Crippen molar-refractivity contribution >= 4 is 29.0 Å². The normalized spacial score (nSPS) is 24.4. The van der Waals surface area contributed by atoms with Gasteiger partial charge in [0.2, 0.25) is 0 Å². The topological polar surface area (TPSA) is 109 Å². The zero-order valence-electron chi connectivity index (χ0n) is 21.1. The number of morpholine rings is 1. The molecule has 4 aliphatic heterocycles. The molecule has 0 aliphatic carbocycles. The number of anilines is 1. The van der Waals surface area contributed by atoms with Crippen molar-refractivity contribution in [3.8, 4) is 11.5 Å². The Morgan fingerprint density at radius 3 is 2.45 bits per heavy atom. The number of likely N-dealkylation sites (N-methyl/N-ethyl adjacent to an activating group) is 1. The highest BCUT2D eigenvalue weighted by molar-refractivity contribution is 6.50. The standard InChI is InChI=1S/C28H29N3O7/c1-2-30-20-6-4-3-5-19(20)28(27(30)35)23(24(32)18-7-8-21-22(17-18)38-16-15-37-21)25(33)26(34)31(28)10-9-29-11-13-36-14-12-29/h3-8,17,32H,2,9-16H2,1H3/b24-23+. The number of likely N-dealkylation sites (tertiary alicyclic amines) is 1. The number of fused-ring (bicyclic) bond motifs is 3. The third-order valence-electron chi connectivity index (χ3n) is 7.68. The monoisotopic (exact) mass is 519 g/mol. The molecule has 6 rings (SSSR count). The molecule has 4 heterocycles. The molecule has 10 nitrogen and oxygen atoms in total. The number of Topliss-reactive ketones (excluding diaryl/α,β-unsaturated/α-hetero) is 1. The Labute approximate surface area is 220 Å². The highest BCUT2D eigenvalue weighted by Crippen LogP contribution is 2.53. The Bertz CT molecular complexity index is 1350. The number of carbonyl (C=O) groups excluding carboxylic acids is 3. The SMILES string of the molecule is CCN1C(=O)C2(/C(=C(/O)c3ccc4c(c3)OCCO4)C(=O)C(=O)N2CCN2CCOCC2)c2ccccc21. The second kappa shape index (κ2) is 9.45. The molecule has 1 N–H and O–H groups in total. The van der Waals surface area contributed by atoms with Crippen LogP contribution in [0.15, 0.2) is 48.0 Å². The molecule has 10 heteroatoms. The first-order valence-electron chi connectivity index (χ1n) is 12.9. The first-order chi connectivity index (χ1) is 18.5. The van der Waals surface area contributed by atoms with E-state index in [0.717, 1.165) is 0 Å². The van der Waals surface area contributed by atoms with Crippen LogP contribution in [0.4, 0.5) is 5.69 Å². The number of aliphatic hydroxyl groups is 1. The van der Waals surface area contributed by atoms with Crippen LogP contribution < -0.4 is 14.4 Å². The van der Waals surface area contributed by atoms with E-state index in [1.165, 1.54) is 4.90 Å². The third-order valence-corrected chi connectivity index (χ3v) is 7.68. The maximum Gasteiger partial charge on any atom is 0.296 e. The summed E-state index contributed by atoms with van der Waals surface area (Å²) in [6.07, 6.45) is 0. The van der Waals surface area contributed by atoms with Crippen molar-refractivity contribution in [3.63, 3.8) is 0 Å². The number of rotatable bonds is 5. The van der Waals surface area contributed by atoms with Crippen molar-refractivity contribution in [1.29, 1.82) is 0 Å². The largest absolute Gasteiger partial charge is 0.507 e. The molecule has 1 atom stereocenters. The average molecular weight is 520 g/mol. The van der Waals surface area contributed by atoms with Crippen LogP contribution in [0.25, 0.3) is 5.76 Å². The molecule has 0 radical (unpaired) electrons. The minimum Gasteiger partial charge on any atom is -0.507 e. The van der Waals surface area contributed by atoms with Gasteiger partial charge in [-0.2, -0.15) is 0 Å². The zero-order valence-corrected chi connectivity index (χ0v) is 21.1. The van der Waals surface area contributed by atoms with Crippen molar-refractivity contribution in [2.45, 2.75) is 12.5 Å². The molecule has 198 valence electrons. The van der Waals surface area contributed by atoms with E-state index >= 15 is 0 Å². The van der Waals surface area contributed by atoms with Crippen molar-refractivity contribution in [1.82, 2.24) is 9.80 Å². The maximum atomic E-state index is 14.3. The molecule has 1 spiro atoms. The fourth-order valence-corrected chi connectivity index (χ4v) is 5.88. The van der Waals surface area contributed by atoms with E-state index in [0.29, 0.717) is 75.4 Å². The second-order valence-electron chi connectivity index (χ2n) is 9.60. The number of benzene rings is 2. The highest BCUT2D eigenvalue weighted by Gasteiger charge is 2.66. The van der Waals surface area contributed by atoms with Crippen LogP contribution in [-0.4, -0.2) is 91.7 Å². The fourth-order valence-electron chi connectivity index (χ4n) is 5.88. The lowest BCUT2D eigenvalue weighted by Gasteiger charge is -2.36. The van der Waals surface area contributed by atoms with Crippen molar-refractivity contribution in [2.75, 3.05) is 64.1 Å². The molecular formula is C28H29N3O7. The number of ketones is 1. The summed E-state index contributed by atoms with van der Waals surface area (Å²) < 4.78 is 16.7. The van der Waals surface area contributed by atoms with Crippen LogP contribution >= 0.6 is 0 Å². The van der Waals surface area contributed by atoms with Crippen LogP contribution in [0.2, 0.25) is 0 Å². The van der Waals surface area contributed by atoms with Gasteiger partial charge in [-0.15, -0.1) is 0 Å². The van der Waals surface area contributed by atoms with Crippen LogP contribution in [0.1, 0.15) is 18.1 Å². The zero-order chi connectivity index (χ0) is 26.4. The van der Waals surface area contributed by atoms with Gasteiger partial charge in [0.1, 0.15) is 19.0 Å². The third kappa shape index (κ3) is 3.51. The summed E-state index contributed by atoms with van der Waals surface area (Å²) >= 11 is 0. The molecule has 38 heavy (non-hydrogen) atoms. The van der Waals surface area contributed by atoms with Gasteiger partial charge in [0.05, 0.1) is 24.5 Å². The maximum absolute atomic E-state index is 14.3. The number of hydrogen-bond donors (Lipinski definition) is 1. The van der Waals surface area contributed by atoms with Gasteiger partial charge in [-0.05, 0) is 31.2 Å². The van der Waals surface area contributed by atoms with E-state index in [1.54, 1.807) is 41.3 Å². The first-order valence-corrected chi connectivity index (χ1v) is 12.9. The molecule has 1 unspecified atom stereocenters. The lowest BCUT2D eigenvalue weighted by Crippen LogP contribution is -2.54. The van der Waals surface area contributed by atoms with E-state index in [1.807, 2.05) is 13.0 Å². The van der Waals surface area contributed by atoms with Crippen molar-refractivity contribution < 1.29 is 33.7 Å². The summed E-state index contributed by atoms with van der Waals surface area (Å²) in [5.41, 5.74) is -0.613. The average Bonchev–Trinajstić information content (AvgIpc) is 3.34. The summed E-state index contributed by atoms with van der Waals surface area (Å²) in [5.74, 6) is -1.60. The summed E-state index contributed by atoms with van der Waals surface area (Å²) in [4.78, 5) is 46.7. The quantitative estimate of drug-likeness (QED) is 0.362. The number of ether oxygens (including phenoxy) is 3. The molecule has 2 aromatic carbocycles. The highest BCUT2D eigenvalue weighted by atomic mass is 16.6. The van der Waals surface area contributed by atoms with E-state index in [2.05, 4.69) is 4.90 Å². The Hall–Kier alpha value is -3.89. The molecule has 0 saturated carbocycles. The smallest absolute Gasteiger partial charge is 0.296 e. The molecular weight excluding hydrogens is 490 g/mol. The Morgan fingerprint density at radius 2 is 1.68 bits per heavy atom. The Balaban J connectivity index is 1.53. The van der Waals surface area contributed by atoms with Gasteiger partial charge in [0.25, 0.3) is 17.6 Å². The number of carbonyl (C=O) groups is 3. The molecule has 4 aliphatic rings. The predicted octanol–water partition coefficient (Wildman–Crippen LogP) is 1.73. The van der Waals surface area contributed by atoms with Crippen LogP contribution in [0.3, 0.4) is 0 Å². The number of hydrogen-bond acceptors (Lipinski definition) is 8.